The van der Waals surface area contributed by atoms with E-state index in [1.165, 1.54) is 10.9 Å². The first-order chi connectivity index (χ1) is 13.4. The fourth-order valence-corrected chi connectivity index (χ4v) is 4.44. The van der Waals surface area contributed by atoms with Crippen molar-refractivity contribution >= 4 is 21.4 Å². The van der Waals surface area contributed by atoms with Gasteiger partial charge in [0, 0.05) is 11.3 Å². The monoisotopic (exact) mass is 418 g/mol. The highest BCUT2D eigenvalue weighted by Gasteiger charge is 2.14. The smallest absolute Gasteiger partial charge is 0.238 e. The molecule has 2 aromatic carbocycles. The average Bonchev–Trinajstić information content (AvgIpc) is 3.07. The van der Waals surface area contributed by atoms with Crippen molar-refractivity contribution in [2.75, 3.05) is 13.7 Å². The van der Waals surface area contributed by atoms with Crippen LogP contribution in [0.15, 0.2) is 52.9 Å². The Morgan fingerprint density at radius 1 is 1.14 bits per heavy atom. The number of nitrogens with two attached hydrogens (primary N) is 1. The standard InChI is InChI=1S/C20H22N2O4S2/c1-14-19(27-13-22-14)9-10-26-17-8-7-15(12-18(17)25-2)11-16-5-3-4-6-20(16)28(21,23)24/h3-8,12-13H,9-11H2,1-2H3,(H2,21,23,24). The topological polar surface area (TPSA) is 91.5 Å². The van der Waals surface area contributed by atoms with E-state index in [9.17, 15) is 8.42 Å². The first-order valence-electron chi connectivity index (χ1n) is 8.68. The SMILES string of the molecule is COc1cc(Cc2ccccc2S(N)(=O)=O)ccc1OCCc1scnc1C. The van der Waals surface area contributed by atoms with Crippen molar-refractivity contribution in [2.24, 2.45) is 5.14 Å². The van der Waals surface area contributed by atoms with Crippen molar-refractivity contribution in [1.82, 2.24) is 4.98 Å². The molecule has 6 nitrogen and oxygen atoms in total. The van der Waals surface area contributed by atoms with Gasteiger partial charge >= 0.3 is 0 Å². The number of primary sulfonamides is 1. The lowest BCUT2D eigenvalue weighted by molar-refractivity contribution is 0.298. The Hall–Kier alpha value is -2.42. The minimum atomic E-state index is -3.77. The Morgan fingerprint density at radius 3 is 2.61 bits per heavy atom. The lowest BCUT2D eigenvalue weighted by atomic mass is 10.0. The highest BCUT2D eigenvalue weighted by atomic mass is 32.2. The molecule has 2 N–H and O–H groups in total. The normalized spacial score (nSPS) is 11.4. The van der Waals surface area contributed by atoms with E-state index in [2.05, 4.69) is 4.98 Å². The van der Waals surface area contributed by atoms with E-state index >= 15 is 0 Å². The molecule has 0 bridgehead atoms. The molecule has 0 fully saturated rings. The van der Waals surface area contributed by atoms with Gasteiger partial charge in [0.25, 0.3) is 0 Å². The number of ether oxygens (including phenoxy) is 2. The van der Waals surface area contributed by atoms with E-state index < -0.39 is 10.0 Å². The summed E-state index contributed by atoms with van der Waals surface area (Å²) in [5.41, 5.74) is 4.41. The molecular formula is C20H22N2O4S2. The van der Waals surface area contributed by atoms with Crippen molar-refractivity contribution in [3.63, 3.8) is 0 Å². The molecule has 0 amide bonds. The summed E-state index contributed by atoms with van der Waals surface area (Å²) in [5.74, 6) is 1.25. The van der Waals surface area contributed by atoms with Crippen LogP contribution in [0.25, 0.3) is 0 Å². The zero-order valence-electron chi connectivity index (χ0n) is 15.7. The van der Waals surface area contributed by atoms with Gasteiger partial charge in [-0.2, -0.15) is 0 Å². The predicted octanol–water partition coefficient (Wildman–Crippen LogP) is 3.32. The fraction of sp³-hybridized carbons (Fsp3) is 0.250. The van der Waals surface area contributed by atoms with Crippen LogP contribution in [0.4, 0.5) is 0 Å². The second-order valence-electron chi connectivity index (χ2n) is 6.27. The maximum Gasteiger partial charge on any atom is 0.238 e. The van der Waals surface area contributed by atoms with Gasteiger partial charge in [-0.1, -0.05) is 24.3 Å². The number of rotatable bonds is 8. The lowest BCUT2D eigenvalue weighted by Gasteiger charge is -2.13. The van der Waals surface area contributed by atoms with Crippen LogP contribution in [0.5, 0.6) is 11.5 Å². The Kier molecular flexibility index (Phi) is 6.33. The third-order valence-electron chi connectivity index (χ3n) is 4.33. The van der Waals surface area contributed by atoms with Gasteiger partial charge in [0.2, 0.25) is 10.0 Å². The molecular weight excluding hydrogens is 396 g/mol. The molecule has 0 saturated heterocycles. The molecule has 1 heterocycles. The number of aryl methyl sites for hydroxylation is 1. The van der Waals surface area contributed by atoms with Crippen molar-refractivity contribution in [1.29, 1.82) is 0 Å². The number of hydrogen-bond donors (Lipinski definition) is 1. The van der Waals surface area contributed by atoms with Gasteiger partial charge in [-0.3, -0.25) is 0 Å². The summed E-state index contributed by atoms with van der Waals surface area (Å²) < 4.78 is 34.9. The fourth-order valence-electron chi connectivity index (χ4n) is 2.91. The number of methoxy groups -OCH3 is 1. The van der Waals surface area contributed by atoms with Gasteiger partial charge in [0.05, 0.1) is 29.8 Å². The van der Waals surface area contributed by atoms with Crippen LogP contribution in [-0.4, -0.2) is 27.1 Å². The molecule has 0 spiro atoms. The molecule has 0 aliphatic heterocycles. The Bertz CT molecular complexity index is 1060. The van der Waals surface area contributed by atoms with Crippen molar-refractivity contribution < 1.29 is 17.9 Å². The molecule has 0 radical (unpaired) electrons. The maximum atomic E-state index is 11.8. The quantitative estimate of drug-likeness (QED) is 0.606. The van der Waals surface area contributed by atoms with Crippen LogP contribution < -0.4 is 14.6 Å². The summed E-state index contributed by atoms with van der Waals surface area (Å²) in [6.45, 7) is 2.51. The van der Waals surface area contributed by atoms with E-state index in [1.807, 2.05) is 30.6 Å². The zero-order chi connectivity index (χ0) is 20.1. The molecule has 1 aromatic heterocycles. The minimum Gasteiger partial charge on any atom is -0.493 e. The van der Waals surface area contributed by atoms with E-state index in [4.69, 9.17) is 14.6 Å². The van der Waals surface area contributed by atoms with Crippen molar-refractivity contribution in [2.45, 2.75) is 24.7 Å². The van der Waals surface area contributed by atoms with Gasteiger partial charge < -0.3 is 9.47 Å². The van der Waals surface area contributed by atoms with Crippen LogP contribution >= 0.6 is 11.3 Å². The van der Waals surface area contributed by atoms with E-state index in [-0.39, 0.29) is 4.90 Å². The van der Waals surface area contributed by atoms with Crippen LogP contribution in [0.2, 0.25) is 0 Å². The molecule has 0 unspecified atom stereocenters. The van der Waals surface area contributed by atoms with E-state index in [1.54, 1.807) is 36.6 Å². The molecule has 0 saturated carbocycles. The van der Waals surface area contributed by atoms with Crippen LogP contribution in [0.3, 0.4) is 0 Å². The molecule has 0 atom stereocenters. The number of benzene rings is 2. The number of nitrogens with zero attached hydrogens (tertiary/aromatic N) is 1. The third-order valence-corrected chi connectivity index (χ3v) is 6.34. The second kappa shape index (κ2) is 8.72. The second-order valence-corrected chi connectivity index (χ2v) is 8.74. The van der Waals surface area contributed by atoms with Crippen molar-refractivity contribution in [3.8, 4) is 11.5 Å². The summed E-state index contributed by atoms with van der Waals surface area (Å²) in [7, 11) is -2.19. The summed E-state index contributed by atoms with van der Waals surface area (Å²) in [6, 6.07) is 12.3. The van der Waals surface area contributed by atoms with Gasteiger partial charge in [-0.25, -0.2) is 18.5 Å². The van der Waals surface area contributed by atoms with Crippen LogP contribution in [-0.2, 0) is 22.9 Å². The van der Waals surface area contributed by atoms with E-state index in [0.29, 0.717) is 30.1 Å². The van der Waals surface area contributed by atoms with Gasteiger partial charge in [-0.05, 0) is 42.7 Å². The van der Waals surface area contributed by atoms with Crippen LogP contribution in [0, 0.1) is 6.92 Å². The Labute approximate surface area is 169 Å². The maximum absolute atomic E-state index is 11.8. The minimum absolute atomic E-state index is 0.134. The predicted molar refractivity (Wildman–Crippen MR) is 110 cm³/mol. The highest BCUT2D eigenvalue weighted by molar-refractivity contribution is 7.89. The van der Waals surface area contributed by atoms with Gasteiger partial charge in [-0.15, -0.1) is 11.3 Å². The average molecular weight is 419 g/mol. The summed E-state index contributed by atoms with van der Waals surface area (Å²) in [5, 5.41) is 5.32. The molecule has 3 aromatic rings. The summed E-state index contributed by atoms with van der Waals surface area (Å²) in [4.78, 5) is 5.58. The number of sulfonamides is 1. The molecule has 148 valence electrons. The molecule has 3 rings (SSSR count). The summed E-state index contributed by atoms with van der Waals surface area (Å²) in [6.07, 6.45) is 1.20. The molecule has 8 heteroatoms. The molecule has 28 heavy (non-hydrogen) atoms. The molecule has 0 aliphatic carbocycles. The first kappa shape index (κ1) is 20.3. The number of thiazole rings is 1. The number of aromatic nitrogens is 1. The van der Waals surface area contributed by atoms with Crippen LogP contribution in [0.1, 0.15) is 21.7 Å². The third kappa shape index (κ3) is 4.89. The first-order valence-corrected chi connectivity index (χ1v) is 11.1. The lowest BCUT2D eigenvalue weighted by Crippen LogP contribution is -2.14. The molecule has 0 aliphatic rings. The largest absolute Gasteiger partial charge is 0.493 e. The highest BCUT2D eigenvalue weighted by Crippen LogP contribution is 2.30. The summed E-state index contributed by atoms with van der Waals surface area (Å²) >= 11 is 1.62. The van der Waals surface area contributed by atoms with Crippen molar-refractivity contribution in [3.05, 3.63) is 69.7 Å². The van der Waals surface area contributed by atoms with Gasteiger partial charge in [0.15, 0.2) is 11.5 Å². The Balaban J connectivity index is 1.74. The number of hydrogen-bond acceptors (Lipinski definition) is 6. The van der Waals surface area contributed by atoms with Gasteiger partial charge in [0.1, 0.15) is 0 Å². The van der Waals surface area contributed by atoms with E-state index in [0.717, 1.165) is 17.7 Å². The Morgan fingerprint density at radius 2 is 1.93 bits per heavy atom. The zero-order valence-corrected chi connectivity index (χ0v) is 17.3.